The fourth-order valence-corrected chi connectivity index (χ4v) is 3.50. The van der Waals surface area contributed by atoms with Crippen molar-refractivity contribution in [3.63, 3.8) is 0 Å². The van der Waals surface area contributed by atoms with Gasteiger partial charge in [-0.1, -0.05) is 11.6 Å². The number of aromatic amines is 1. The van der Waals surface area contributed by atoms with Crippen molar-refractivity contribution in [1.82, 2.24) is 15.3 Å². The average Bonchev–Trinajstić information content (AvgIpc) is 3.08. The summed E-state index contributed by atoms with van der Waals surface area (Å²) in [7, 11) is 0. The van der Waals surface area contributed by atoms with Crippen LogP contribution < -0.4 is 11.1 Å². The summed E-state index contributed by atoms with van der Waals surface area (Å²) >= 11 is 0. The number of hydrogen-bond acceptors (Lipinski definition) is 4. The molecule has 2 aromatic carbocycles. The van der Waals surface area contributed by atoms with E-state index in [1.165, 1.54) is 0 Å². The largest absolute Gasteiger partial charge is 0.506 e. The number of phenolic OH excluding ortho intramolecular Hbond substituents is 1. The molecule has 6 heteroatoms. The van der Waals surface area contributed by atoms with Gasteiger partial charge in [0, 0.05) is 41.1 Å². The van der Waals surface area contributed by atoms with Gasteiger partial charge < -0.3 is 21.1 Å². The maximum atomic E-state index is 12.8. The molecule has 28 heavy (non-hydrogen) atoms. The summed E-state index contributed by atoms with van der Waals surface area (Å²) in [5.74, 6) is -0.180. The highest BCUT2D eigenvalue weighted by Gasteiger charge is 2.18. The van der Waals surface area contributed by atoms with Crippen molar-refractivity contribution in [2.24, 2.45) is 5.73 Å². The highest BCUT2D eigenvalue weighted by atomic mass is 16.3. The Morgan fingerprint density at radius 2 is 1.93 bits per heavy atom. The van der Waals surface area contributed by atoms with Crippen molar-refractivity contribution in [1.29, 1.82) is 0 Å². The van der Waals surface area contributed by atoms with E-state index in [0.717, 1.165) is 27.6 Å². The van der Waals surface area contributed by atoms with Gasteiger partial charge in [0.25, 0.3) is 5.91 Å². The number of rotatable bonds is 4. The summed E-state index contributed by atoms with van der Waals surface area (Å²) in [6, 6.07) is 11.4. The van der Waals surface area contributed by atoms with Crippen molar-refractivity contribution >= 4 is 27.7 Å². The monoisotopic (exact) mass is 374 g/mol. The highest BCUT2D eigenvalue weighted by molar-refractivity contribution is 6.09. The number of nitrogens with one attached hydrogen (secondary N) is 2. The Hall–Kier alpha value is -3.38. The number of nitrogens with two attached hydrogens (primary N) is 1. The lowest BCUT2D eigenvalue weighted by Gasteiger charge is -2.12. The summed E-state index contributed by atoms with van der Waals surface area (Å²) in [5, 5.41) is 14.9. The van der Waals surface area contributed by atoms with Crippen molar-refractivity contribution in [2.45, 2.75) is 13.8 Å². The number of carbonyl (C=O) groups is 1. The van der Waals surface area contributed by atoms with Gasteiger partial charge >= 0.3 is 0 Å². The molecule has 0 bridgehead atoms. The minimum absolute atomic E-state index is 0.0562. The van der Waals surface area contributed by atoms with E-state index in [-0.39, 0.29) is 11.7 Å². The van der Waals surface area contributed by atoms with E-state index >= 15 is 0 Å². The zero-order valence-electron chi connectivity index (χ0n) is 15.8. The number of aryl methyl sites for hydroxylation is 2. The van der Waals surface area contributed by atoms with Crippen LogP contribution in [0.4, 0.5) is 0 Å². The molecule has 0 unspecified atom stereocenters. The molecule has 5 N–H and O–H groups in total. The first kappa shape index (κ1) is 18.0. The fraction of sp³-hybridized carbons (Fsp3) is 0.182. The van der Waals surface area contributed by atoms with Gasteiger partial charge in [0.1, 0.15) is 11.3 Å². The number of hydrogen-bond donors (Lipinski definition) is 4. The molecule has 2 heterocycles. The quantitative estimate of drug-likeness (QED) is 0.439. The first-order valence-electron chi connectivity index (χ1n) is 9.18. The zero-order chi connectivity index (χ0) is 19.8. The van der Waals surface area contributed by atoms with Gasteiger partial charge in [-0.25, -0.2) is 4.98 Å². The minimum atomic E-state index is -0.236. The lowest BCUT2D eigenvalue weighted by Crippen LogP contribution is -2.29. The Balaban J connectivity index is 1.99. The number of aromatic hydroxyl groups is 1. The van der Waals surface area contributed by atoms with Gasteiger partial charge in [0.05, 0.1) is 11.3 Å². The molecule has 0 saturated heterocycles. The van der Waals surface area contributed by atoms with Crippen LogP contribution >= 0.6 is 0 Å². The summed E-state index contributed by atoms with van der Waals surface area (Å²) in [6.45, 7) is 4.64. The molecule has 0 aliphatic rings. The van der Waals surface area contributed by atoms with Crippen LogP contribution in [-0.2, 0) is 0 Å². The van der Waals surface area contributed by atoms with Gasteiger partial charge in [-0.15, -0.1) is 0 Å². The molecule has 6 nitrogen and oxygen atoms in total. The van der Waals surface area contributed by atoms with Crippen LogP contribution in [0, 0.1) is 13.8 Å². The van der Waals surface area contributed by atoms with E-state index in [9.17, 15) is 9.90 Å². The van der Waals surface area contributed by atoms with Crippen molar-refractivity contribution in [3.8, 4) is 17.0 Å². The summed E-state index contributed by atoms with van der Waals surface area (Å²) in [4.78, 5) is 20.7. The normalized spacial score (nSPS) is 11.2. The van der Waals surface area contributed by atoms with Crippen LogP contribution in [0.3, 0.4) is 0 Å². The molecule has 142 valence electrons. The topological polar surface area (TPSA) is 104 Å². The average molecular weight is 374 g/mol. The lowest BCUT2D eigenvalue weighted by atomic mass is 10.0. The van der Waals surface area contributed by atoms with Gasteiger partial charge in [0.15, 0.2) is 0 Å². The van der Waals surface area contributed by atoms with Crippen LogP contribution in [0.1, 0.15) is 21.5 Å². The van der Waals surface area contributed by atoms with E-state index in [1.807, 2.05) is 38.2 Å². The van der Waals surface area contributed by atoms with Crippen LogP contribution in [0.5, 0.6) is 5.75 Å². The Labute approximate surface area is 162 Å². The standard InChI is InChI=1S/C22H22N4O2/c1-12-3-4-18-14(7-12)17(11-25-18)19-10-16(22(28)24-6-5-23)15-8-13(2)9-20(27)21(15)26-19/h3-4,7-11,25,27H,5-6,23H2,1-2H3,(H,24,28). The predicted octanol–water partition coefficient (Wildman–Crippen LogP) is 3.39. The lowest BCUT2D eigenvalue weighted by molar-refractivity contribution is 0.0956. The molecule has 0 aliphatic carbocycles. The number of H-pyrrole nitrogens is 1. The third-order valence-corrected chi connectivity index (χ3v) is 4.83. The first-order chi connectivity index (χ1) is 13.5. The smallest absolute Gasteiger partial charge is 0.252 e. The molecular weight excluding hydrogens is 352 g/mol. The molecule has 0 fully saturated rings. The van der Waals surface area contributed by atoms with E-state index in [1.54, 1.807) is 12.1 Å². The Morgan fingerprint density at radius 1 is 1.14 bits per heavy atom. The maximum absolute atomic E-state index is 12.8. The SMILES string of the molecule is Cc1ccc2[nH]cc(-c3cc(C(=O)NCCN)c4cc(C)cc(O)c4n3)c2c1. The summed E-state index contributed by atoms with van der Waals surface area (Å²) < 4.78 is 0. The van der Waals surface area contributed by atoms with E-state index in [0.29, 0.717) is 35.2 Å². The second kappa shape index (κ2) is 6.98. The molecule has 1 amide bonds. The second-order valence-electron chi connectivity index (χ2n) is 7.03. The van der Waals surface area contributed by atoms with E-state index < -0.39 is 0 Å². The third kappa shape index (κ3) is 3.08. The number of aromatic nitrogens is 2. The first-order valence-corrected chi connectivity index (χ1v) is 9.18. The second-order valence-corrected chi connectivity index (χ2v) is 7.03. The summed E-state index contributed by atoms with van der Waals surface area (Å²) in [5.41, 5.74) is 10.9. The van der Waals surface area contributed by atoms with Gasteiger partial charge in [0.2, 0.25) is 0 Å². The molecule has 4 rings (SSSR count). The van der Waals surface area contributed by atoms with Crippen LogP contribution in [0.2, 0.25) is 0 Å². The molecular formula is C22H22N4O2. The Bertz CT molecular complexity index is 1210. The fourth-order valence-electron chi connectivity index (χ4n) is 3.50. The van der Waals surface area contributed by atoms with Crippen molar-refractivity contribution in [3.05, 3.63) is 59.3 Å². The van der Waals surface area contributed by atoms with Crippen molar-refractivity contribution in [2.75, 3.05) is 13.1 Å². The number of amides is 1. The highest BCUT2D eigenvalue weighted by Crippen LogP contribution is 2.34. The number of benzene rings is 2. The molecule has 0 atom stereocenters. The predicted molar refractivity (Wildman–Crippen MR) is 112 cm³/mol. The number of pyridine rings is 1. The van der Waals surface area contributed by atoms with Gasteiger partial charge in [-0.3, -0.25) is 4.79 Å². The number of carbonyl (C=O) groups excluding carboxylic acids is 1. The Morgan fingerprint density at radius 3 is 2.71 bits per heavy atom. The Kier molecular flexibility index (Phi) is 4.49. The maximum Gasteiger partial charge on any atom is 0.252 e. The van der Waals surface area contributed by atoms with Crippen LogP contribution in [0.25, 0.3) is 33.1 Å². The van der Waals surface area contributed by atoms with Gasteiger partial charge in [-0.05, 0) is 49.7 Å². The van der Waals surface area contributed by atoms with Crippen LogP contribution in [0.15, 0.2) is 42.6 Å². The van der Waals surface area contributed by atoms with Crippen LogP contribution in [-0.4, -0.2) is 34.1 Å². The molecule has 0 saturated carbocycles. The number of phenols is 1. The molecule has 0 radical (unpaired) electrons. The molecule has 0 aliphatic heterocycles. The number of fused-ring (bicyclic) bond motifs is 2. The molecule has 4 aromatic rings. The molecule has 0 spiro atoms. The zero-order valence-corrected chi connectivity index (χ0v) is 15.8. The van der Waals surface area contributed by atoms with Gasteiger partial charge in [-0.2, -0.15) is 0 Å². The van der Waals surface area contributed by atoms with E-state index in [4.69, 9.17) is 5.73 Å². The minimum Gasteiger partial charge on any atom is -0.506 e. The third-order valence-electron chi connectivity index (χ3n) is 4.83. The number of nitrogens with zero attached hydrogens (tertiary/aromatic N) is 1. The summed E-state index contributed by atoms with van der Waals surface area (Å²) in [6.07, 6.45) is 1.88. The molecule has 2 aromatic heterocycles. The van der Waals surface area contributed by atoms with E-state index in [2.05, 4.69) is 21.4 Å². The van der Waals surface area contributed by atoms with Crippen molar-refractivity contribution < 1.29 is 9.90 Å².